The summed E-state index contributed by atoms with van der Waals surface area (Å²) in [6.45, 7) is 10.1. The van der Waals surface area contributed by atoms with E-state index in [4.69, 9.17) is 0 Å². The number of aromatic hydroxyl groups is 3. The Kier molecular flexibility index (Phi) is 9.49. The minimum absolute atomic E-state index is 0. The van der Waals surface area contributed by atoms with E-state index >= 15 is 0 Å². The molecule has 26 heavy (non-hydrogen) atoms. The van der Waals surface area contributed by atoms with E-state index in [1.165, 1.54) is 17.7 Å². The molecule has 0 bridgehead atoms. The fourth-order valence-electron chi connectivity index (χ4n) is 2.46. The summed E-state index contributed by atoms with van der Waals surface area (Å²) in [5, 5.41) is 28.4. The zero-order valence-electron chi connectivity index (χ0n) is 15.6. The van der Waals surface area contributed by atoms with Gasteiger partial charge in [0.2, 0.25) is 0 Å². The molecular weight excluding hydrogens is 328 g/mol. The quantitative estimate of drug-likeness (QED) is 0.479. The molecule has 0 spiro atoms. The summed E-state index contributed by atoms with van der Waals surface area (Å²) in [7, 11) is 0. The summed E-state index contributed by atoms with van der Waals surface area (Å²) >= 11 is 0. The van der Waals surface area contributed by atoms with Crippen LogP contribution in [0.2, 0.25) is 0 Å². The molecule has 2 aromatic rings. The summed E-state index contributed by atoms with van der Waals surface area (Å²) in [5.74, 6) is 0.915. The molecule has 0 saturated heterocycles. The Balaban J connectivity index is 0.000000464. The molecule has 144 valence electrons. The fourth-order valence-corrected chi connectivity index (χ4v) is 2.46. The second-order valence-electron chi connectivity index (χ2n) is 6.64. The normalized spacial score (nSPS) is 10.1. The van der Waals surface area contributed by atoms with Crippen molar-refractivity contribution in [3.8, 4) is 17.2 Å². The van der Waals surface area contributed by atoms with E-state index in [-0.39, 0.29) is 30.4 Å². The molecule has 0 aliphatic heterocycles. The van der Waals surface area contributed by atoms with E-state index in [2.05, 4.69) is 26.8 Å². The number of carbonyl (C=O) groups is 1. The molecule has 0 fully saturated rings. The van der Waals surface area contributed by atoms with Crippen LogP contribution < -0.4 is 0 Å². The van der Waals surface area contributed by atoms with Crippen LogP contribution >= 0.6 is 0 Å². The zero-order valence-corrected chi connectivity index (χ0v) is 15.6. The van der Waals surface area contributed by atoms with Gasteiger partial charge < -0.3 is 15.3 Å². The van der Waals surface area contributed by atoms with Gasteiger partial charge in [-0.3, -0.25) is 4.79 Å². The van der Waals surface area contributed by atoms with Gasteiger partial charge in [0, 0.05) is 5.56 Å². The smallest absolute Gasteiger partial charge is 0.153 e. The van der Waals surface area contributed by atoms with Gasteiger partial charge in [-0.15, -0.1) is 0 Å². The van der Waals surface area contributed by atoms with E-state index in [0.29, 0.717) is 23.5 Å². The number of phenolic OH excluding ortho intramolecular Hbond substituents is 3. The molecule has 0 aliphatic carbocycles. The van der Waals surface area contributed by atoms with E-state index in [9.17, 15) is 20.1 Å². The van der Waals surface area contributed by atoms with Crippen LogP contribution in [0.1, 0.15) is 80.9 Å². The van der Waals surface area contributed by atoms with Gasteiger partial charge in [0.25, 0.3) is 0 Å². The third kappa shape index (κ3) is 6.10. The molecule has 2 aromatic carbocycles. The summed E-state index contributed by atoms with van der Waals surface area (Å²) in [4.78, 5) is 10.4. The highest BCUT2D eigenvalue weighted by atomic mass is 16.3. The fraction of sp³-hybridized carbons (Fsp3) is 0.409. The lowest BCUT2D eigenvalue weighted by molar-refractivity contribution is 0.112. The molecule has 0 amide bonds. The lowest BCUT2D eigenvalue weighted by atomic mass is 10.00. The van der Waals surface area contributed by atoms with Gasteiger partial charge in [-0.1, -0.05) is 54.2 Å². The van der Waals surface area contributed by atoms with E-state index in [0.717, 1.165) is 12.0 Å². The van der Waals surface area contributed by atoms with Crippen LogP contribution in [-0.2, 0) is 6.42 Å². The van der Waals surface area contributed by atoms with Crippen molar-refractivity contribution in [1.82, 2.24) is 0 Å². The van der Waals surface area contributed by atoms with Crippen LogP contribution in [0.3, 0.4) is 0 Å². The Morgan fingerprint density at radius 3 is 1.81 bits per heavy atom. The SMILES string of the molecule is C.CC(C)c1cc(O)c(C=O)cc1O.CCc1ccc(C(C)C)c(O)c1. The maximum absolute atomic E-state index is 10.4. The molecule has 4 heteroatoms. The summed E-state index contributed by atoms with van der Waals surface area (Å²) in [6.07, 6.45) is 1.49. The molecule has 0 heterocycles. The largest absolute Gasteiger partial charge is 0.508 e. The minimum atomic E-state index is -0.0866. The highest BCUT2D eigenvalue weighted by Gasteiger charge is 2.10. The van der Waals surface area contributed by atoms with Crippen molar-refractivity contribution < 1.29 is 20.1 Å². The van der Waals surface area contributed by atoms with E-state index in [1.54, 1.807) is 0 Å². The molecule has 2 rings (SSSR count). The van der Waals surface area contributed by atoms with Gasteiger partial charge in [-0.2, -0.15) is 0 Å². The minimum Gasteiger partial charge on any atom is -0.508 e. The summed E-state index contributed by atoms with van der Waals surface area (Å²) in [5.41, 5.74) is 2.98. The van der Waals surface area contributed by atoms with E-state index < -0.39 is 0 Å². The first-order valence-electron chi connectivity index (χ1n) is 8.54. The first-order valence-corrected chi connectivity index (χ1v) is 8.54. The number of aryl methyl sites for hydroxylation is 1. The number of benzene rings is 2. The number of carbonyl (C=O) groups excluding carboxylic acids is 1. The van der Waals surface area contributed by atoms with Gasteiger partial charge in [0.05, 0.1) is 5.56 Å². The summed E-state index contributed by atoms with van der Waals surface area (Å²) < 4.78 is 0. The maximum Gasteiger partial charge on any atom is 0.153 e. The van der Waals surface area contributed by atoms with Crippen molar-refractivity contribution in [3.05, 3.63) is 52.6 Å². The predicted octanol–water partition coefficient (Wildman–Crippen LogP) is 5.75. The van der Waals surface area contributed by atoms with Crippen molar-refractivity contribution in [2.45, 2.75) is 60.3 Å². The molecule has 0 aromatic heterocycles. The topological polar surface area (TPSA) is 77.8 Å². The van der Waals surface area contributed by atoms with Crippen molar-refractivity contribution in [1.29, 1.82) is 0 Å². The Morgan fingerprint density at radius 2 is 1.38 bits per heavy atom. The molecule has 0 saturated carbocycles. The number of phenols is 3. The number of aldehydes is 1. The molecule has 0 aliphatic rings. The highest BCUT2D eigenvalue weighted by molar-refractivity contribution is 5.80. The van der Waals surface area contributed by atoms with Crippen LogP contribution in [0.25, 0.3) is 0 Å². The Hall–Kier alpha value is -2.49. The monoisotopic (exact) mass is 360 g/mol. The van der Waals surface area contributed by atoms with Crippen LogP contribution in [0.5, 0.6) is 17.2 Å². The number of hydrogen-bond donors (Lipinski definition) is 3. The van der Waals surface area contributed by atoms with Crippen LogP contribution in [-0.4, -0.2) is 21.6 Å². The van der Waals surface area contributed by atoms with Gasteiger partial charge >= 0.3 is 0 Å². The lowest BCUT2D eigenvalue weighted by Crippen LogP contribution is -1.90. The second kappa shape index (κ2) is 10.5. The number of hydrogen-bond acceptors (Lipinski definition) is 4. The zero-order chi connectivity index (χ0) is 19.1. The second-order valence-corrected chi connectivity index (χ2v) is 6.64. The average molecular weight is 360 g/mol. The average Bonchev–Trinajstić information content (AvgIpc) is 2.56. The van der Waals surface area contributed by atoms with Crippen LogP contribution in [0.4, 0.5) is 0 Å². The third-order valence-corrected chi connectivity index (χ3v) is 4.05. The molecule has 0 unspecified atom stereocenters. The van der Waals surface area contributed by atoms with Gasteiger partial charge in [-0.25, -0.2) is 0 Å². The third-order valence-electron chi connectivity index (χ3n) is 4.05. The van der Waals surface area contributed by atoms with Gasteiger partial charge in [0.1, 0.15) is 17.2 Å². The number of rotatable bonds is 4. The van der Waals surface area contributed by atoms with Gasteiger partial charge in [-0.05, 0) is 47.6 Å². The van der Waals surface area contributed by atoms with Crippen molar-refractivity contribution in [3.63, 3.8) is 0 Å². The Bertz CT molecular complexity index is 718. The van der Waals surface area contributed by atoms with Crippen molar-refractivity contribution >= 4 is 6.29 Å². The molecule has 0 radical (unpaired) electrons. The van der Waals surface area contributed by atoms with E-state index in [1.807, 2.05) is 26.0 Å². The van der Waals surface area contributed by atoms with Crippen molar-refractivity contribution in [2.24, 2.45) is 0 Å². The first kappa shape index (κ1) is 23.5. The standard InChI is InChI=1S/C11H16O.C10H12O3.CH4/c1-4-9-5-6-10(8(2)3)11(12)7-9;1-6(2)8-4-9(12)7(5-11)3-10(8)13;/h5-8,12H,4H2,1-3H3;3-6,12-13H,1-2H3;1H4. The lowest BCUT2D eigenvalue weighted by Gasteiger charge is -2.09. The van der Waals surface area contributed by atoms with Crippen LogP contribution in [0, 0.1) is 0 Å². The van der Waals surface area contributed by atoms with Crippen LogP contribution in [0.15, 0.2) is 30.3 Å². The molecule has 4 nitrogen and oxygen atoms in total. The molecular formula is C22H32O4. The highest BCUT2D eigenvalue weighted by Crippen LogP contribution is 2.31. The predicted molar refractivity (Wildman–Crippen MR) is 108 cm³/mol. The Labute approximate surface area is 157 Å². The van der Waals surface area contributed by atoms with Crippen molar-refractivity contribution in [2.75, 3.05) is 0 Å². The Morgan fingerprint density at radius 1 is 0.846 bits per heavy atom. The summed E-state index contributed by atoms with van der Waals surface area (Å²) in [6, 6.07) is 8.64. The van der Waals surface area contributed by atoms with Gasteiger partial charge in [0.15, 0.2) is 6.29 Å². The molecule has 0 atom stereocenters. The molecule has 3 N–H and O–H groups in total. The first-order chi connectivity index (χ1) is 11.7. The maximum atomic E-state index is 10.4.